The summed E-state index contributed by atoms with van der Waals surface area (Å²) in [4.78, 5) is 0. The summed E-state index contributed by atoms with van der Waals surface area (Å²) in [7, 11) is 0. The van der Waals surface area contributed by atoms with Gasteiger partial charge in [0.05, 0.1) is 6.61 Å². The average Bonchev–Trinajstić information content (AvgIpc) is 2.47. The molecule has 1 aliphatic carbocycles. The first-order chi connectivity index (χ1) is 9.74. The van der Waals surface area contributed by atoms with Crippen molar-refractivity contribution in [2.75, 3.05) is 5.32 Å². The predicted octanol–water partition coefficient (Wildman–Crippen LogP) is 3.91. The van der Waals surface area contributed by atoms with Crippen LogP contribution in [-0.4, -0.2) is 11.1 Å². The molecular formula is C17H18BrNO. The van der Waals surface area contributed by atoms with Crippen LogP contribution in [0.4, 0.5) is 5.69 Å². The fraction of sp³-hybridized carbons (Fsp3) is 0.294. The summed E-state index contributed by atoms with van der Waals surface area (Å²) in [5, 5.41) is 12.8. The number of hydrogen-bond acceptors (Lipinski definition) is 2. The van der Waals surface area contributed by atoms with Crippen LogP contribution >= 0.6 is 15.9 Å². The molecule has 1 unspecified atom stereocenters. The summed E-state index contributed by atoms with van der Waals surface area (Å²) in [5.74, 6) is 0. The van der Waals surface area contributed by atoms with Gasteiger partial charge in [-0.1, -0.05) is 34.1 Å². The van der Waals surface area contributed by atoms with Crippen LogP contribution in [0, 0.1) is 0 Å². The van der Waals surface area contributed by atoms with Gasteiger partial charge in [0.2, 0.25) is 0 Å². The van der Waals surface area contributed by atoms with Crippen molar-refractivity contribution < 1.29 is 5.11 Å². The SMILES string of the molecule is OCc1cccc(NC2CCc3cc(Br)ccc3C2)c1. The topological polar surface area (TPSA) is 32.3 Å². The van der Waals surface area contributed by atoms with Crippen molar-refractivity contribution in [1.82, 2.24) is 0 Å². The third-order valence-corrected chi connectivity index (χ3v) is 4.37. The minimum atomic E-state index is 0.0943. The molecule has 1 atom stereocenters. The molecule has 0 aliphatic heterocycles. The second-order valence-corrected chi connectivity index (χ2v) is 6.27. The molecule has 0 aromatic heterocycles. The second-order valence-electron chi connectivity index (χ2n) is 5.36. The zero-order valence-corrected chi connectivity index (χ0v) is 12.9. The number of nitrogens with one attached hydrogen (secondary N) is 1. The molecule has 3 heteroatoms. The fourth-order valence-corrected chi connectivity index (χ4v) is 3.25. The number of aryl methyl sites for hydroxylation is 1. The number of anilines is 1. The highest BCUT2D eigenvalue weighted by Gasteiger charge is 2.18. The van der Waals surface area contributed by atoms with Crippen molar-refractivity contribution in [1.29, 1.82) is 0 Å². The van der Waals surface area contributed by atoms with Gasteiger partial charge in [-0.15, -0.1) is 0 Å². The lowest BCUT2D eigenvalue weighted by Gasteiger charge is -2.26. The Bertz CT molecular complexity index is 612. The molecule has 20 heavy (non-hydrogen) atoms. The van der Waals surface area contributed by atoms with Gasteiger partial charge in [-0.3, -0.25) is 0 Å². The van der Waals surface area contributed by atoms with Crippen LogP contribution in [0.3, 0.4) is 0 Å². The number of aliphatic hydroxyl groups is 1. The van der Waals surface area contributed by atoms with Gasteiger partial charge in [-0.05, 0) is 60.2 Å². The molecule has 2 aromatic rings. The molecule has 104 valence electrons. The van der Waals surface area contributed by atoms with E-state index in [1.54, 1.807) is 0 Å². The Hall–Kier alpha value is -1.32. The van der Waals surface area contributed by atoms with Crippen molar-refractivity contribution in [3.8, 4) is 0 Å². The molecule has 0 saturated carbocycles. The van der Waals surface area contributed by atoms with E-state index in [0.29, 0.717) is 6.04 Å². The minimum Gasteiger partial charge on any atom is -0.392 e. The summed E-state index contributed by atoms with van der Waals surface area (Å²) in [6.07, 6.45) is 3.32. The van der Waals surface area contributed by atoms with Crippen LogP contribution in [0.1, 0.15) is 23.1 Å². The van der Waals surface area contributed by atoms with Crippen molar-refractivity contribution >= 4 is 21.6 Å². The summed E-state index contributed by atoms with van der Waals surface area (Å²) >= 11 is 3.54. The molecule has 0 saturated heterocycles. The minimum absolute atomic E-state index is 0.0943. The van der Waals surface area contributed by atoms with E-state index in [4.69, 9.17) is 0 Å². The second kappa shape index (κ2) is 5.98. The molecule has 0 spiro atoms. The average molecular weight is 332 g/mol. The number of rotatable bonds is 3. The normalized spacial score (nSPS) is 17.6. The van der Waals surface area contributed by atoms with Crippen LogP contribution in [0.2, 0.25) is 0 Å². The number of hydrogen-bond donors (Lipinski definition) is 2. The Labute approximate surface area is 128 Å². The van der Waals surface area contributed by atoms with E-state index < -0.39 is 0 Å². The quantitative estimate of drug-likeness (QED) is 0.893. The van der Waals surface area contributed by atoms with Gasteiger partial charge in [0.1, 0.15) is 0 Å². The predicted molar refractivity (Wildman–Crippen MR) is 85.9 cm³/mol. The van der Waals surface area contributed by atoms with Crippen molar-refractivity contribution in [2.45, 2.75) is 31.9 Å². The van der Waals surface area contributed by atoms with Gasteiger partial charge in [-0.25, -0.2) is 0 Å². The highest BCUT2D eigenvalue weighted by molar-refractivity contribution is 9.10. The first-order valence-corrected chi connectivity index (χ1v) is 7.77. The molecule has 0 heterocycles. The molecule has 0 radical (unpaired) electrons. The lowest BCUT2D eigenvalue weighted by molar-refractivity contribution is 0.282. The van der Waals surface area contributed by atoms with E-state index in [0.717, 1.165) is 30.5 Å². The molecule has 2 nitrogen and oxygen atoms in total. The van der Waals surface area contributed by atoms with Crippen molar-refractivity contribution in [3.05, 3.63) is 63.6 Å². The zero-order valence-electron chi connectivity index (χ0n) is 11.3. The third kappa shape index (κ3) is 3.05. The maximum absolute atomic E-state index is 9.19. The molecule has 0 bridgehead atoms. The maximum atomic E-state index is 9.19. The zero-order chi connectivity index (χ0) is 13.9. The molecule has 0 fully saturated rings. The Balaban J connectivity index is 1.72. The van der Waals surface area contributed by atoms with Gasteiger partial charge in [-0.2, -0.15) is 0 Å². The summed E-state index contributed by atoms with van der Waals surface area (Å²) < 4.78 is 1.17. The van der Waals surface area contributed by atoms with E-state index in [9.17, 15) is 5.11 Å². The van der Waals surface area contributed by atoms with Crippen LogP contribution in [0.25, 0.3) is 0 Å². The smallest absolute Gasteiger partial charge is 0.0682 e. The molecule has 1 aliphatic rings. The van der Waals surface area contributed by atoms with Gasteiger partial charge < -0.3 is 10.4 Å². The van der Waals surface area contributed by atoms with E-state index in [2.05, 4.69) is 45.5 Å². The fourth-order valence-electron chi connectivity index (χ4n) is 2.84. The molecule has 3 rings (SSSR count). The van der Waals surface area contributed by atoms with Gasteiger partial charge in [0.25, 0.3) is 0 Å². The van der Waals surface area contributed by atoms with Crippen LogP contribution in [0.15, 0.2) is 46.9 Å². The van der Waals surface area contributed by atoms with Crippen LogP contribution in [0.5, 0.6) is 0 Å². The standard InChI is InChI=1S/C17H18BrNO/c18-15-6-4-14-10-17(7-5-13(14)9-15)19-16-3-1-2-12(8-16)11-20/h1-4,6,8-9,17,19-20H,5,7,10-11H2. The number of fused-ring (bicyclic) bond motifs is 1. The van der Waals surface area contributed by atoms with Gasteiger partial charge >= 0.3 is 0 Å². The number of benzene rings is 2. The Kier molecular flexibility index (Phi) is 4.08. The lowest BCUT2D eigenvalue weighted by atomic mass is 9.88. The molecule has 2 aromatic carbocycles. The van der Waals surface area contributed by atoms with Crippen LogP contribution in [-0.2, 0) is 19.4 Å². The highest BCUT2D eigenvalue weighted by atomic mass is 79.9. The Morgan fingerprint density at radius 1 is 1.15 bits per heavy atom. The highest BCUT2D eigenvalue weighted by Crippen LogP contribution is 2.26. The van der Waals surface area contributed by atoms with Crippen LogP contribution < -0.4 is 5.32 Å². The first kappa shape index (κ1) is 13.7. The van der Waals surface area contributed by atoms with E-state index in [1.807, 2.05) is 18.2 Å². The largest absolute Gasteiger partial charge is 0.392 e. The van der Waals surface area contributed by atoms with E-state index in [-0.39, 0.29) is 6.61 Å². The van der Waals surface area contributed by atoms with E-state index in [1.165, 1.54) is 15.6 Å². The monoisotopic (exact) mass is 331 g/mol. The maximum Gasteiger partial charge on any atom is 0.0682 e. The number of aliphatic hydroxyl groups excluding tert-OH is 1. The van der Waals surface area contributed by atoms with Gasteiger partial charge in [0, 0.05) is 16.2 Å². The summed E-state index contributed by atoms with van der Waals surface area (Å²) in [5.41, 5.74) is 4.95. The summed E-state index contributed by atoms with van der Waals surface area (Å²) in [6, 6.07) is 15.1. The number of halogens is 1. The molecular weight excluding hydrogens is 314 g/mol. The van der Waals surface area contributed by atoms with Crippen molar-refractivity contribution in [3.63, 3.8) is 0 Å². The molecule has 2 N–H and O–H groups in total. The Morgan fingerprint density at radius 3 is 2.90 bits per heavy atom. The Morgan fingerprint density at radius 2 is 2.05 bits per heavy atom. The lowest BCUT2D eigenvalue weighted by Crippen LogP contribution is -2.27. The summed E-state index contributed by atoms with van der Waals surface area (Å²) in [6.45, 7) is 0.0943. The first-order valence-electron chi connectivity index (χ1n) is 6.98. The molecule has 0 amide bonds. The third-order valence-electron chi connectivity index (χ3n) is 3.88. The van der Waals surface area contributed by atoms with Gasteiger partial charge in [0.15, 0.2) is 0 Å². The van der Waals surface area contributed by atoms with Crippen molar-refractivity contribution in [2.24, 2.45) is 0 Å². The van der Waals surface area contributed by atoms with E-state index >= 15 is 0 Å².